The van der Waals surface area contributed by atoms with Crippen molar-refractivity contribution >= 4 is 17.7 Å². The molecule has 1 heterocycles. The zero-order valence-corrected chi connectivity index (χ0v) is 12.8. The van der Waals surface area contributed by atoms with Gasteiger partial charge in [-0.25, -0.2) is 9.07 Å². The van der Waals surface area contributed by atoms with Gasteiger partial charge in [0.05, 0.1) is 11.3 Å². The third-order valence-electron chi connectivity index (χ3n) is 2.96. The third-order valence-corrected chi connectivity index (χ3v) is 4.09. The van der Waals surface area contributed by atoms with Gasteiger partial charge in [0.2, 0.25) is 11.1 Å². The molecule has 0 radical (unpaired) electrons. The molecule has 0 aliphatic carbocycles. The second-order valence-corrected chi connectivity index (χ2v) is 5.93. The average molecular weight is 309 g/mol. The summed E-state index contributed by atoms with van der Waals surface area (Å²) in [7, 11) is 1.72. The van der Waals surface area contributed by atoms with Gasteiger partial charge in [-0.05, 0) is 42.0 Å². The van der Waals surface area contributed by atoms with E-state index in [9.17, 15) is 9.18 Å². The second kappa shape index (κ2) is 6.66. The van der Waals surface area contributed by atoms with Crippen molar-refractivity contribution in [1.82, 2.24) is 25.5 Å². The summed E-state index contributed by atoms with van der Waals surface area (Å²) in [6.45, 7) is 3.64. The lowest BCUT2D eigenvalue weighted by Crippen LogP contribution is -2.33. The van der Waals surface area contributed by atoms with Crippen LogP contribution in [0, 0.1) is 5.82 Å². The fourth-order valence-electron chi connectivity index (χ4n) is 1.70. The summed E-state index contributed by atoms with van der Waals surface area (Å²) < 4.78 is 14.4. The molecule has 21 heavy (non-hydrogen) atoms. The number of amides is 1. The van der Waals surface area contributed by atoms with Gasteiger partial charge in [-0.15, -0.1) is 5.10 Å². The van der Waals surface area contributed by atoms with E-state index >= 15 is 0 Å². The lowest BCUT2D eigenvalue weighted by atomic mass is 10.1. The minimum Gasteiger partial charge on any atom is -0.349 e. The summed E-state index contributed by atoms with van der Waals surface area (Å²) in [5.41, 5.74) is 0.849. The fourth-order valence-corrected chi connectivity index (χ4v) is 2.46. The van der Waals surface area contributed by atoms with Gasteiger partial charge in [-0.2, -0.15) is 0 Å². The number of benzene rings is 1. The maximum Gasteiger partial charge on any atom is 0.233 e. The number of rotatable bonds is 5. The van der Waals surface area contributed by atoms with Crippen LogP contribution in [0.2, 0.25) is 0 Å². The van der Waals surface area contributed by atoms with Crippen LogP contribution in [0.25, 0.3) is 0 Å². The van der Waals surface area contributed by atoms with Gasteiger partial charge < -0.3 is 5.32 Å². The van der Waals surface area contributed by atoms with E-state index in [1.54, 1.807) is 26.1 Å². The molecule has 0 unspecified atom stereocenters. The predicted molar refractivity (Wildman–Crippen MR) is 77.1 cm³/mol. The molecule has 0 bridgehead atoms. The quantitative estimate of drug-likeness (QED) is 0.851. The van der Waals surface area contributed by atoms with Gasteiger partial charge in [0, 0.05) is 7.05 Å². The standard InChI is InChI=1S/C13H16FN5OS/c1-8(10-4-6-11(14)7-5-10)15-12(20)9(2)21-13-16-17-18-19(13)3/h4-9H,1-3H3,(H,15,20)/t8-,9-/m0/s1. The van der Waals surface area contributed by atoms with Crippen LogP contribution in [-0.4, -0.2) is 31.4 Å². The number of carbonyl (C=O) groups excluding carboxylic acids is 1. The molecule has 1 aromatic heterocycles. The number of aryl methyl sites for hydroxylation is 1. The Balaban J connectivity index is 1.94. The Morgan fingerprint density at radius 2 is 2.00 bits per heavy atom. The Morgan fingerprint density at radius 3 is 2.57 bits per heavy atom. The number of tetrazole rings is 1. The molecule has 1 amide bonds. The van der Waals surface area contributed by atoms with E-state index in [0.29, 0.717) is 5.16 Å². The molecule has 1 N–H and O–H groups in total. The van der Waals surface area contributed by atoms with Crippen LogP contribution in [0.4, 0.5) is 4.39 Å². The molecule has 0 aliphatic heterocycles. The second-order valence-electron chi connectivity index (χ2n) is 4.63. The molecule has 1 aromatic carbocycles. The molecular weight excluding hydrogens is 293 g/mol. The van der Waals surface area contributed by atoms with Crippen molar-refractivity contribution in [1.29, 1.82) is 0 Å². The number of halogens is 1. The first-order valence-corrected chi connectivity index (χ1v) is 7.30. The van der Waals surface area contributed by atoms with Crippen LogP contribution >= 0.6 is 11.8 Å². The highest BCUT2D eigenvalue weighted by Crippen LogP contribution is 2.20. The summed E-state index contributed by atoms with van der Waals surface area (Å²) in [6, 6.07) is 5.87. The van der Waals surface area contributed by atoms with Crippen LogP contribution in [0.15, 0.2) is 29.4 Å². The number of thioether (sulfide) groups is 1. The number of carbonyl (C=O) groups is 1. The van der Waals surface area contributed by atoms with Crippen LogP contribution in [-0.2, 0) is 11.8 Å². The van der Waals surface area contributed by atoms with Crippen molar-refractivity contribution in [2.24, 2.45) is 7.05 Å². The van der Waals surface area contributed by atoms with Gasteiger partial charge in [0.15, 0.2) is 0 Å². The van der Waals surface area contributed by atoms with E-state index in [0.717, 1.165) is 5.56 Å². The third kappa shape index (κ3) is 4.01. The van der Waals surface area contributed by atoms with E-state index in [1.165, 1.54) is 28.6 Å². The SMILES string of the molecule is C[C@H](Sc1nnnn1C)C(=O)N[C@@H](C)c1ccc(F)cc1. The number of nitrogens with one attached hydrogen (secondary N) is 1. The Bertz CT molecular complexity index is 615. The Hall–Kier alpha value is -1.96. The first kappa shape index (κ1) is 15.4. The maximum absolute atomic E-state index is 12.9. The molecule has 0 spiro atoms. The van der Waals surface area contributed by atoms with Gasteiger partial charge >= 0.3 is 0 Å². The lowest BCUT2D eigenvalue weighted by molar-refractivity contribution is -0.120. The smallest absolute Gasteiger partial charge is 0.233 e. The highest BCUT2D eigenvalue weighted by molar-refractivity contribution is 8.00. The van der Waals surface area contributed by atoms with Crippen molar-refractivity contribution in [3.05, 3.63) is 35.6 Å². The molecule has 6 nitrogen and oxygen atoms in total. The molecule has 8 heteroatoms. The molecule has 2 atom stereocenters. The fraction of sp³-hybridized carbons (Fsp3) is 0.385. The molecule has 0 saturated heterocycles. The Kier molecular flexibility index (Phi) is 4.89. The largest absolute Gasteiger partial charge is 0.349 e. The summed E-state index contributed by atoms with van der Waals surface area (Å²) in [4.78, 5) is 12.1. The highest BCUT2D eigenvalue weighted by Gasteiger charge is 2.19. The van der Waals surface area contributed by atoms with E-state index in [-0.39, 0.29) is 23.0 Å². The lowest BCUT2D eigenvalue weighted by Gasteiger charge is -2.17. The average Bonchev–Trinajstić information content (AvgIpc) is 2.84. The number of aromatic nitrogens is 4. The first-order valence-electron chi connectivity index (χ1n) is 6.42. The molecule has 0 saturated carbocycles. The number of hydrogen-bond donors (Lipinski definition) is 1. The van der Waals surface area contributed by atoms with Gasteiger partial charge in [-0.3, -0.25) is 4.79 Å². The van der Waals surface area contributed by atoms with E-state index in [2.05, 4.69) is 20.8 Å². The molecule has 0 aliphatic rings. The predicted octanol–water partition coefficient (Wildman–Crippen LogP) is 1.71. The maximum atomic E-state index is 12.9. The molecule has 112 valence electrons. The van der Waals surface area contributed by atoms with Crippen molar-refractivity contribution in [3.8, 4) is 0 Å². The summed E-state index contributed by atoms with van der Waals surface area (Å²) >= 11 is 1.28. The van der Waals surface area contributed by atoms with Gasteiger partial charge in [-0.1, -0.05) is 23.9 Å². The number of nitrogens with zero attached hydrogens (tertiary/aromatic N) is 4. The van der Waals surface area contributed by atoms with Crippen LogP contribution < -0.4 is 5.32 Å². The first-order chi connectivity index (χ1) is 9.97. The highest BCUT2D eigenvalue weighted by atomic mass is 32.2. The van der Waals surface area contributed by atoms with Crippen LogP contribution in [0.5, 0.6) is 0 Å². The monoisotopic (exact) mass is 309 g/mol. The topological polar surface area (TPSA) is 72.7 Å². The minimum absolute atomic E-state index is 0.125. The summed E-state index contributed by atoms with van der Waals surface area (Å²) in [5.74, 6) is -0.421. The molecule has 2 rings (SSSR count). The Morgan fingerprint density at radius 1 is 1.33 bits per heavy atom. The van der Waals surface area contributed by atoms with Crippen LogP contribution in [0.1, 0.15) is 25.5 Å². The van der Waals surface area contributed by atoms with E-state index in [1.807, 2.05) is 6.92 Å². The van der Waals surface area contributed by atoms with Crippen molar-refractivity contribution < 1.29 is 9.18 Å². The van der Waals surface area contributed by atoms with Crippen molar-refractivity contribution in [3.63, 3.8) is 0 Å². The Labute approximate surface area is 126 Å². The molecule has 2 aromatic rings. The van der Waals surface area contributed by atoms with E-state index in [4.69, 9.17) is 0 Å². The summed E-state index contributed by atoms with van der Waals surface area (Å²) in [6.07, 6.45) is 0. The molecule has 0 fully saturated rings. The normalized spacial score (nSPS) is 13.7. The number of hydrogen-bond acceptors (Lipinski definition) is 5. The van der Waals surface area contributed by atoms with Crippen LogP contribution in [0.3, 0.4) is 0 Å². The van der Waals surface area contributed by atoms with Crippen molar-refractivity contribution in [2.45, 2.75) is 30.3 Å². The van der Waals surface area contributed by atoms with Gasteiger partial charge in [0.25, 0.3) is 0 Å². The van der Waals surface area contributed by atoms with Gasteiger partial charge in [0.1, 0.15) is 5.82 Å². The van der Waals surface area contributed by atoms with Crippen molar-refractivity contribution in [2.75, 3.05) is 0 Å². The van der Waals surface area contributed by atoms with E-state index < -0.39 is 0 Å². The molecular formula is C13H16FN5OS. The zero-order valence-electron chi connectivity index (χ0n) is 11.9. The zero-order chi connectivity index (χ0) is 15.4. The minimum atomic E-state index is -0.336. The summed E-state index contributed by atoms with van der Waals surface area (Å²) in [5, 5.41) is 14.2.